The lowest BCUT2D eigenvalue weighted by atomic mass is 10.1. The van der Waals surface area contributed by atoms with Crippen molar-refractivity contribution >= 4 is 5.97 Å². The third-order valence-electron chi connectivity index (χ3n) is 3.80. The molecule has 1 aromatic heterocycles. The van der Waals surface area contributed by atoms with Gasteiger partial charge in [0.2, 0.25) is 0 Å². The third-order valence-corrected chi connectivity index (χ3v) is 3.80. The summed E-state index contributed by atoms with van der Waals surface area (Å²) in [5.41, 5.74) is 0.279. The minimum Gasteiger partial charge on any atom is -0.507 e. The highest BCUT2D eigenvalue weighted by Gasteiger charge is 2.35. The van der Waals surface area contributed by atoms with Crippen LogP contribution in [0.15, 0.2) is 48.5 Å². The van der Waals surface area contributed by atoms with Gasteiger partial charge in [-0.1, -0.05) is 29.8 Å². The maximum atomic E-state index is 13.1. The van der Waals surface area contributed by atoms with Crippen LogP contribution in [0.1, 0.15) is 21.6 Å². The molecule has 0 saturated heterocycles. The van der Waals surface area contributed by atoms with Crippen LogP contribution in [0.5, 0.6) is 5.75 Å². The molecule has 26 heavy (non-hydrogen) atoms. The largest absolute Gasteiger partial charge is 0.507 e. The Morgan fingerprint density at radius 1 is 1.08 bits per heavy atom. The summed E-state index contributed by atoms with van der Waals surface area (Å²) < 4.78 is 40.4. The molecule has 0 saturated carbocycles. The molecule has 2 aromatic carbocycles. The first kappa shape index (κ1) is 17.5. The number of aryl methyl sites for hydroxylation is 1. The first-order valence-corrected chi connectivity index (χ1v) is 7.48. The second kappa shape index (κ2) is 6.21. The minimum absolute atomic E-state index is 0.110. The van der Waals surface area contributed by atoms with Crippen LogP contribution in [0.25, 0.3) is 16.9 Å². The van der Waals surface area contributed by atoms with Gasteiger partial charge in [-0.3, -0.25) is 0 Å². The molecule has 8 heteroatoms. The molecule has 134 valence electrons. The Bertz CT molecular complexity index is 976. The minimum atomic E-state index is -4.65. The molecule has 0 radical (unpaired) electrons. The van der Waals surface area contributed by atoms with E-state index >= 15 is 0 Å². The quantitative estimate of drug-likeness (QED) is 0.730. The van der Waals surface area contributed by atoms with E-state index in [0.29, 0.717) is 5.56 Å². The molecule has 0 aliphatic rings. The van der Waals surface area contributed by atoms with Crippen molar-refractivity contribution < 1.29 is 28.2 Å². The second-order valence-electron chi connectivity index (χ2n) is 5.70. The molecular formula is C18H13F3N2O3. The number of nitrogens with zero attached hydrogens (tertiary/aromatic N) is 2. The summed E-state index contributed by atoms with van der Waals surface area (Å²) in [7, 11) is 0. The summed E-state index contributed by atoms with van der Waals surface area (Å²) in [6, 6.07) is 11.2. The number of carboxylic acids is 1. The Kier molecular flexibility index (Phi) is 4.19. The summed E-state index contributed by atoms with van der Waals surface area (Å²) in [5.74, 6) is -1.90. The molecule has 1 heterocycles. The number of hydrogen-bond donors (Lipinski definition) is 2. The molecule has 0 aliphatic heterocycles. The van der Waals surface area contributed by atoms with Gasteiger partial charge in [0.15, 0.2) is 5.69 Å². The zero-order valence-electron chi connectivity index (χ0n) is 13.4. The molecule has 0 fully saturated rings. The summed E-state index contributed by atoms with van der Waals surface area (Å²) in [5, 5.41) is 22.4. The van der Waals surface area contributed by atoms with Crippen LogP contribution in [0.3, 0.4) is 0 Å². The number of alkyl halides is 3. The van der Waals surface area contributed by atoms with E-state index in [2.05, 4.69) is 5.10 Å². The van der Waals surface area contributed by atoms with Crippen molar-refractivity contribution in [3.8, 4) is 22.7 Å². The van der Waals surface area contributed by atoms with E-state index in [4.69, 9.17) is 5.11 Å². The van der Waals surface area contributed by atoms with Gasteiger partial charge in [0.25, 0.3) is 0 Å². The monoisotopic (exact) mass is 362 g/mol. The highest BCUT2D eigenvalue weighted by Crippen LogP contribution is 2.34. The molecule has 0 atom stereocenters. The van der Waals surface area contributed by atoms with Crippen LogP contribution in [0.2, 0.25) is 0 Å². The SMILES string of the molecule is Cc1ccc(-c2cc(C(F)(F)F)nn2-c2ccc(C(=O)O)c(O)c2)cc1. The van der Waals surface area contributed by atoms with Crippen molar-refractivity contribution in [2.75, 3.05) is 0 Å². The van der Waals surface area contributed by atoms with Gasteiger partial charge < -0.3 is 10.2 Å². The summed E-state index contributed by atoms with van der Waals surface area (Å²) in [6.07, 6.45) is -4.65. The van der Waals surface area contributed by atoms with Crippen molar-refractivity contribution in [2.45, 2.75) is 13.1 Å². The van der Waals surface area contributed by atoms with Crippen LogP contribution in [0.4, 0.5) is 13.2 Å². The lowest BCUT2D eigenvalue weighted by molar-refractivity contribution is -0.141. The number of aromatic carboxylic acids is 1. The fraction of sp³-hybridized carbons (Fsp3) is 0.111. The number of aromatic hydroxyl groups is 1. The number of benzene rings is 2. The van der Waals surface area contributed by atoms with Crippen molar-refractivity contribution in [2.24, 2.45) is 0 Å². The topological polar surface area (TPSA) is 75.4 Å². The fourth-order valence-electron chi connectivity index (χ4n) is 2.48. The Labute approximate surface area is 145 Å². The number of aromatic nitrogens is 2. The summed E-state index contributed by atoms with van der Waals surface area (Å²) in [6.45, 7) is 1.85. The maximum absolute atomic E-state index is 13.1. The summed E-state index contributed by atoms with van der Waals surface area (Å²) in [4.78, 5) is 11.0. The lowest BCUT2D eigenvalue weighted by Gasteiger charge is -2.09. The Hall–Kier alpha value is -3.29. The average molecular weight is 362 g/mol. The van der Waals surface area contributed by atoms with Gasteiger partial charge >= 0.3 is 12.1 Å². The second-order valence-corrected chi connectivity index (χ2v) is 5.70. The third kappa shape index (κ3) is 3.26. The summed E-state index contributed by atoms with van der Waals surface area (Å²) >= 11 is 0. The van der Waals surface area contributed by atoms with E-state index in [9.17, 15) is 23.1 Å². The van der Waals surface area contributed by atoms with Gasteiger partial charge in [-0.2, -0.15) is 18.3 Å². The number of carboxylic acid groups (broad SMARTS) is 1. The molecule has 0 bridgehead atoms. The molecule has 2 N–H and O–H groups in total. The van der Waals surface area contributed by atoms with E-state index in [1.54, 1.807) is 24.3 Å². The zero-order valence-corrected chi connectivity index (χ0v) is 13.4. The maximum Gasteiger partial charge on any atom is 0.435 e. The van der Waals surface area contributed by atoms with Gasteiger partial charge in [0.05, 0.1) is 11.4 Å². The van der Waals surface area contributed by atoms with Gasteiger partial charge in [0, 0.05) is 11.6 Å². The van der Waals surface area contributed by atoms with Crippen molar-refractivity contribution in [1.82, 2.24) is 9.78 Å². The Balaban J connectivity index is 2.19. The molecule has 0 amide bonds. The molecule has 0 spiro atoms. The highest BCUT2D eigenvalue weighted by atomic mass is 19.4. The van der Waals surface area contributed by atoms with E-state index in [-0.39, 0.29) is 16.9 Å². The molecule has 5 nitrogen and oxygen atoms in total. The average Bonchev–Trinajstić information content (AvgIpc) is 3.00. The first-order chi connectivity index (χ1) is 12.2. The smallest absolute Gasteiger partial charge is 0.435 e. The van der Waals surface area contributed by atoms with Gasteiger partial charge in [-0.25, -0.2) is 9.48 Å². The molecule has 3 rings (SSSR count). The van der Waals surface area contributed by atoms with Crippen molar-refractivity contribution in [3.05, 3.63) is 65.4 Å². The normalized spacial score (nSPS) is 11.5. The Morgan fingerprint density at radius 2 is 1.73 bits per heavy atom. The fourth-order valence-corrected chi connectivity index (χ4v) is 2.48. The zero-order chi connectivity index (χ0) is 19.1. The van der Waals surface area contributed by atoms with Crippen LogP contribution < -0.4 is 0 Å². The molecule has 0 aliphatic carbocycles. The number of halogens is 3. The number of hydrogen-bond acceptors (Lipinski definition) is 3. The highest BCUT2D eigenvalue weighted by molar-refractivity contribution is 5.91. The van der Waals surface area contributed by atoms with Gasteiger partial charge in [0.1, 0.15) is 11.3 Å². The molecule has 3 aromatic rings. The van der Waals surface area contributed by atoms with Crippen LogP contribution in [-0.4, -0.2) is 26.0 Å². The van der Waals surface area contributed by atoms with Crippen LogP contribution in [0, 0.1) is 6.92 Å². The predicted octanol–water partition coefficient (Wildman–Crippen LogP) is 4.27. The standard InChI is InChI=1S/C18H13F3N2O3/c1-10-2-4-11(5-3-10)14-9-16(18(19,20)21)22-23(14)12-6-7-13(17(25)26)15(24)8-12/h2-9,24H,1H3,(H,25,26). The molecular weight excluding hydrogens is 349 g/mol. The lowest BCUT2D eigenvalue weighted by Crippen LogP contribution is -2.07. The van der Waals surface area contributed by atoms with E-state index in [0.717, 1.165) is 28.4 Å². The first-order valence-electron chi connectivity index (χ1n) is 7.48. The van der Waals surface area contributed by atoms with Gasteiger partial charge in [-0.15, -0.1) is 0 Å². The van der Waals surface area contributed by atoms with Crippen LogP contribution >= 0.6 is 0 Å². The number of rotatable bonds is 3. The van der Waals surface area contributed by atoms with Gasteiger partial charge in [-0.05, 0) is 25.1 Å². The van der Waals surface area contributed by atoms with Crippen LogP contribution in [-0.2, 0) is 6.18 Å². The van der Waals surface area contributed by atoms with E-state index < -0.39 is 23.6 Å². The number of phenols is 1. The number of carbonyl (C=O) groups is 1. The molecule has 0 unspecified atom stereocenters. The van der Waals surface area contributed by atoms with Crippen molar-refractivity contribution in [3.63, 3.8) is 0 Å². The Morgan fingerprint density at radius 3 is 2.27 bits per heavy atom. The van der Waals surface area contributed by atoms with E-state index in [1.807, 2.05) is 6.92 Å². The predicted molar refractivity (Wildman–Crippen MR) is 87.4 cm³/mol. The van der Waals surface area contributed by atoms with Crippen molar-refractivity contribution in [1.29, 1.82) is 0 Å². The van der Waals surface area contributed by atoms with E-state index in [1.165, 1.54) is 6.07 Å².